The van der Waals surface area contributed by atoms with Crippen molar-refractivity contribution in [2.24, 2.45) is 0 Å². The topological polar surface area (TPSA) is 119 Å². The summed E-state index contributed by atoms with van der Waals surface area (Å²) in [5.74, 6) is -0.936. The molecule has 9 heteroatoms. The van der Waals surface area contributed by atoms with Gasteiger partial charge in [-0.05, 0) is 12.8 Å². The van der Waals surface area contributed by atoms with Crippen LogP contribution in [-0.2, 0) is 28.2 Å². The lowest BCUT2D eigenvalue weighted by atomic mass is 10.1. The molecule has 0 aromatic heterocycles. The molecule has 0 unspecified atom stereocenters. The summed E-state index contributed by atoms with van der Waals surface area (Å²) >= 11 is 0. The predicted molar refractivity (Wildman–Crippen MR) is 101 cm³/mol. The molecule has 0 fully saturated rings. The standard InChI is InChI=1S/C18H35O8P/c1-3-5-7-8-9-10-11-13-17(19)24-14-16(15-25-27(21,22)23)26-18(20)12-6-4-2/h16H,3-15H2,1-2H3,(H2,21,22,23)/t16-/m0/s1. The van der Waals surface area contributed by atoms with Crippen LogP contribution in [0.4, 0.5) is 0 Å². The van der Waals surface area contributed by atoms with Gasteiger partial charge in [-0.3, -0.25) is 14.1 Å². The molecule has 0 spiro atoms. The Morgan fingerprint density at radius 3 is 1.96 bits per heavy atom. The molecule has 0 rings (SSSR count). The molecular weight excluding hydrogens is 375 g/mol. The maximum absolute atomic E-state index is 11.8. The van der Waals surface area contributed by atoms with Crippen LogP contribution in [0.2, 0.25) is 0 Å². The van der Waals surface area contributed by atoms with E-state index in [1.165, 1.54) is 25.7 Å². The molecule has 0 saturated heterocycles. The molecule has 0 saturated carbocycles. The van der Waals surface area contributed by atoms with E-state index >= 15 is 0 Å². The third kappa shape index (κ3) is 18.2. The van der Waals surface area contributed by atoms with Gasteiger partial charge in [0.05, 0.1) is 6.61 Å². The van der Waals surface area contributed by atoms with Crippen LogP contribution in [0, 0.1) is 0 Å². The quantitative estimate of drug-likeness (QED) is 0.211. The van der Waals surface area contributed by atoms with Gasteiger partial charge in [0.2, 0.25) is 0 Å². The van der Waals surface area contributed by atoms with E-state index in [-0.39, 0.29) is 19.4 Å². The maximum atomic E-state index is 11.8. The largest absolute Gasteiger partial charge is 0.469 e. The first-order chi connectivity index (χ1) is 12.8. The van der Waals surface area contributed by atoms with Gasteiger partial charge in [-0.25, -0.2) is 4.57 Å². The summed E-state index contributed by atoms with van der Waals surface area (Å²) in [5.41, 5.74) is 0. The van der Waals surface area contributed by atoms with Gasteiger partial charge in [0.25, 0.3) is 0 Å². The Morgan fingerprint density at radius 1 is 0.815 bits per heavy atom. The van der Waals surface area contributed by atoms with Crippen molar-refractivity contribution in [2.45, 2.75) is 90.6 Å². The SMILES string of the molecule is CCCCCCCCCC(=O)OC[C@@H](COP(=O)(O)O)OC(=O)CCCC. The Bertz CT molecular complexity index is 449. The molecule has 0 radical (unpaired) electrons. The molecule has 0 bridgehead atoms. The molecule has 0 aliphatic heterocycles. The number of unbranched alkanes of at least 4 members (excludes halogenated alkanes) is 7. The minimum atomic E-state index is -4.70. The van der Waals surface area contributed by atoms with Crippen molar-refractivity contribution >= 4 is 19.8 Å². The Kier molecular flexibility index (Phi) is 15.5. The van der Waals surface area contributed by atoms with Crippen LogP contribution >= 0.6 is 7.82 Å². The van der Waals surface area contributed by atoms with E-state index in [4.69, 9.17) is 19.3 Å². The van der Waals surface area contributed by atoms with Crippen molar-refractivity contribution in [2.75, 3.05) is 13.2 Å². The fourth-order valence-corrected chi connectivity index (χ4v) is 2.71. The summed E-state index contributed by atoms with van der Waals surface area (Å²) in [6, 6.07) is 0. The smallest absolute Gasteiger partial charge is 0.462 e. The number of esters is 2. The maximum Gasteiger partial charge on any atom is 0.469 e. The monoisotopic (exact) mass is 410 g/mol. The lowest BCUT2D eigenvalue weighted by Gasteiger charge is -2.18. The molecule has 1 atom stereocenters. The number of rotatable bonds is 17. The van der Waals surface area contributed by atoms with Gasteiger partial charge in [0.15, 0.2) is 6.10 Å². The zero-order valence-electron chi connectivity index (χ0n) is 16.6. The molecule has 27 heavy (non-hydrogen) atoms. The number of phosphoric ester groups is 1. The predicted octanol–water partition coefficient (Wildman–Crippen LogP) is 3.88. The molecule has 2 N–H and O–H groups in total. The minimum Gasteiger partial charge on any atom is -0.462 e. The Hall–Kier alpha value is -0.950. The van der Waals surface area contributed by atoms with Crippen LogP contribution in [0.1, 0.15) is 84.5 Å². The van der Waals surface area contributed by atoms with Crippen molar-refractivity contribution in [1.29, 1.82) is 0 Å². The zero-order chi connectivity index (χ0) is 20.5. The zero-order valence-corrected chi connectivity index (χ0v) is 17.5. The van der Waals surface area contributed by atoms with E-state index in [2.05, 4.69) is 11.4 Å². The average Bonchev–Trinajstić information content (AvgIpc) is 2.60. The first-order valence-electron chi connectivity index (χ1n) is 9.83. The van der Waals surface area contributed by atoms with Crippen LogP contribution in [0.3, 0.4) is 0 Å². The minimum absolute atomic E-state index is 0.189. The number of ether oxygens (including phenoxy) is 2. The summed E-state index contributed by atoms with van der Waals surface area (Å²) in [6.07, 6.45) is 8.44. The summed E-state index contributed by atoms with van der Waals surface area (Å²) in [5, 5.41) is 0. The van der Waals surface area contributed by atoms with Crippen LogP contribution in [0.5, 0.6) is 0 Å². The second kappa shape index (κ2) is 16.0. The highest BCUT2D eigenvalue weighted by molar-refractivity contribution is 7.46. The molecule has 0 aliphatic rings. The Morgan fingerprint density at radius 2 is 1.37 bits per heavy atom. The number of carbonyl (C=O) groups excluding carboxylic acids is 2. The van der Waals surface area contributed by atoms with Gasteiger partial charge in [-0.1, -0.05) is 58.8 Å². The van der Waals surface area contributed by atoms with Crippen molar-refractivity contribution < 1.29 is 37.9 Å². The molecule has 0 aromatic rings. The van der Waals surface area contributed by atoms with Crippen LogP contribution in [-0.4, -0.2) is 41.0 Å². The van der Waals surface area contributed by atoms with Crippen molar-refractivity contribution in [3.8, 4) is 0 Å². The molecule has 160 valence electrons. The third-order valence-electron chi connectivity index (χ3n) is 3.88. The van der Waals surface area contributed by atoms with Gasteiger partial charge in [0, 0.05) is 12.8 Å². The first kappa shape index (κ1) is 26.1. The van der Waals surface area contributed by atoms with E-state index < -0.39 is 32.5 Å². The normalized spacial score (nSPS) is 12.6. The lowest BCUT2D eigenvalue weighted by Crippen LogP contribution is -2.29. The fraction of sp³-hybridized carbons (Fsp3) is 0.889. The molecule has 8 nitrogen and oxygen atoms in total. The Balaban J connectivity index is 4.14. The van der Waals surface area contributed by atoms with Gasteiger partial charge >= 0.3 is 19.8 Å². The second-order valence-corrected chi connectivity index (χ2v) is 7.80. The number of hydrogen-bond donors (Lipinski definition) is 2. The third-order valence-corrected chi connectivity index (χ3v) is 4.36. The Labute approximate surface area is 162 Å². The van der Waals surface area contributed by atoms with Crippen molar-refractivity contribution in [3.05, 3.63) is 0 Å². The number of phosphoric acid groups is 1. The van der Waals surface area contributed by atoms with E-state index in [1.807, 2.05) is 6.92 Å². The number of hydrogen-bond acceptors (Lipinski definition) is 6. The highest BCUT2D eigenvalue weighted by Gasteiger charge is 2.22. The fourth-order valence-electron chi connectivity index (χ4n) is 2.35. The van der Waals surface area contributed by atoms with Crippen molar-refractivity contribution in [1.82, 2.24) is 0 Å². The van der Waals surface area contributed by atoms with Gasteiger partial charge in [-0.15, -0.1) is 0 Å². The van der Waals surface area contributed by atoms with E-state index in [9.17, 15) is 14.2 Å². The summed E-state index contributed by atoms with van der Waals surface area (Å²) in [4.78, 5) is 41.0. The lowest BCUT2D eigenvalue weighted by molar-refractivity contribution is -0.161. The number of carbonyl (C=O) groups is 2. The molecule has 0 heterocycles. The summed E-state index contributed by atoms with van der Waals surface area (Å²) in [6.45, 7) is 3.27. The molecule has 0 aliphatic carbocycles. The highest BCUT2D eigenvalue weighted by atomic mass is 31.2. The van der Waals surface area contributed by atoms with Gasteiger partial charge in [-0.2, -0.15) is 0 Å². The van der Waals surface area contributed by atoms with Crippen LogP contribution in [0.15, 0.2) is 0 Å². The van der Waals surface area contributed by atoms with E-state index in [0.29, 0.717) is 6.42 Å². The van der Waals surface area contributed by atoms with Crippen LogP contribution < -0.4 is 0 Å². The average molecular weight is 410 g/mol. The summed E-state index contributed by atoms with van der Waals surface area (Å²) in [7, 11) is -4.70. The molecular formula is C18H35O8P. The molecule has 0 aromatic carbocycles. The highest BCUT2D eigenvalue weighted by Crippen LogP contribution is 2.35. The van der Waals surface area contributed by atoms with E-state index in [0.717, 1.165) is 25.7 Å². The van der Waals surface area contributed by atoms with Crippen molar-refractivity contribution in [3.63, 3.8) is 0 Å². The van der Waals surface area contributed by atoms with E-state index in [1.54, 1.807) is 0 Å². The molecule has 0 amide bonds. The second-order valence-electron chi connectivity index (χ2n) is 6.56. The van der Waals surface area contributed by atoms with Crippen LogP contribution in [0.25, 0.3) is 0 Å². The first-order valence-corrected chi connectivity index (χ1v) is 11.4. The van der Waals surface area contributed by atoms with Gasteiger partial charge in [0.1, 0.15) is 6.61 Å². The summed E-state index contributed by atoms with van der Waals surface area (Å²) < 4.78 is 25.4. The van der Waals surface area contributed by atoms with Gasteiger partial charge < -0.3 is 19.3 Å².